The highest BCUT2D eigenvalue weighted by Gasteiger charge is 2.19. The van der Waals surface area contributed by atoms with Crippen molar-refractivity contribution in [3.05, 3.63) is 212 Å². The van der Waals surface area contributed by atoms with E-state index in [1.165, 1.54) is 44.2 Å². The van der Waals surface area contributed by atoms with Crippen molar-refractivity contribution in [2.75, 3.05) is 4.90 Å². The quantitative estimate of drug-likeness (QED) is 0.166. The number of anilines is 3. The van der Waals surface area contributed by atoms with Crippen LogP contribution in [0, 0.1) is 0 Å². The average molecular weight is 690 g/mol. The van der Waals surface area contributed by atoms with Gasteiger partial charge in [0.05, 0.1) is 0 Å². The lowest BCUT2D eigenvalue weighted by molar-refractivity contribution is 0.670. The molecule has 54 heavy (non-hydrogen) atoms. The van der Waals surface area contributed by atoms with Gasteiger partial charge in [0.25, 0.3) is 0 Å². The Hall–Kier alpha value is -7.16. The number of nitrogens with zero attached hydrogens (tertiary/aromatic N) is 1. The van der Waals surface area contributed by atoms with Crippen LogP contribution in [0.2, 0.25) is 0 Å². The van der Waals surface area contributed by atoms with Gasteiger partial charge in [-0.3, -0.25) is 0 Å². The lowest BCUT2D eigenvalue weighted by atomic mass is 9.94. The molecule has 0 fully saturated rings. The number of furan rings is 1. The van der Waals surface area contributed by atoms with Gasteiger partial charge in [-0.05, 0) is 92.2 Å². The first kappa shape index (κ1) is 31.6. The minimum Gasteiger partial charge on any atom is -0.455 e. The third-order valence-electron chi connectivity index (χ3n) is 10.5. The van der Waals surface area contributed by atoms with Crippen molar-refractivity contribution in [1.29, 1.82) is 0 Å². The highest BCUT2D eigenvalue weighted by atomic mass is 16.3. The molecule has 0 bridgehead atoms. The molecule has 0 spiro atoms. The molecule has 254 valence electrons. The van der Waals surface area contributed by atoms with Crippen molar-refractivity contribution in [2.24, 2.45) is 0 Å². The number of benzene rings is 9. The monoisotopic (exact) mass is 689 g/mol. The fourth-order valence-corrected chi connectivity index (χ4v) is 7.87. The van der Waals surface area contributed by atoms with Crippen LogP contribution < -0.4 is 4.90 Å². The summed E-state index contributed by atoms with van der Waals surface area (Å²) in [6.45, 7) is 0. The van der Waals surface area contributed by atoms with Crippen LogP contribution in [0.5, 0.6) is 0 Å². The van der Waals surface area contributed by atoms with Crippen molar-refractivity contribution in [1.82, 2.24) is 0 Å². The van der Waals surface area contributed by atoms with Crippen LogP contribution in [0.25, 0.3) is 77.2 Å². The smallest absolute Gasteiger partial charge is 0.143 e. The molecule has 0 radical (unpaired) electrons. The third kappa shape index (κ3) is 5.62. The second-order valence-electron chi connectivity index (χ2n) is 13.7. The van der Waals surface area contributed by atoms with Gasteiger partial charge >= 0.3 is 0 Å². The summed E-state index contributed by atoms with van der Waals surface area (Å²) in [7, 11) is 0. The van der Waals surface area contributed by atoms with E-state index in [1.807, 2.05) is 0 Å². The zero-order chi connectivity index (χ0) is 35.8. The Balaban J connectivity index is 1.11. The van der Waals surface area contributed by atoms with E-state index in [0.717, 1.165) is 50.1 Å². The molecule has 2 nitrogen and oxygen atoms in total. The maximum atomic E-state index is 6.87. The molecule has 0 aliphatic carbocycles. The molecule has 9 aromatic carbocycles. The summed E-state index contributed by atoms with van der Waals surface area (Å²) in [4.78, 5) is 2.34. The van der Waals surface area contributed by atoms with E-state index in [2.05, 4.69) is 217 Å². The van der Waals surface area contributed by atoms with E-state index >= 15 is 0 Å². The maximum absolute atomic E-state index is 6.87. The lowest BCUT2D eigenvalue weighted by Gasteiger charge is -2.26. The molecule has 0 saturated carbocycles. The predicted molar refractivity (Wildman–Crippen MR) is 228 cm³/mol. The number of para-hydroxylation sites is 1. The summed E-state index contributed by atoms with van der Waals surface area (Å²) in [6, 6.07) is 75.6. The largest absolute Gasteiger partial charge is 0.455 e. The zero-order valence-electron chi connectivity index (χ0n) is 29.6. The van der Waals surface area contributed by atoms with E-state index in [1.54, 1.807) is 0 Å². The molecular formula is C52H35NO. The molecule has 0 aliphatic heterocycles. The van der Waals surface area contributed by atoms with Crippen LogP contribution in [0.4, 0.5) is 17.1 Å². The van der Waals surface area contributed by atoms with E-state index < -0.39 is 0 Å². The Bertz CT molecular complexity index is 2810. The SMILES string of the molecule is c1ccc(-c2ccc(N(c3ccc(-c4ccccc4)cc3)c3cccc(-c4cccc5c4oc4cc(-c6ccccc6)c6ccccc6c45)c3)cc2)cc1. The van der Waals surface area contributed by atoms with Crippen LogP contribution in [0.15, 0.2) is 217 Å². The van der Waals surface area contributed by atoms with Crippen molar-refractivity contribution in [3.8, 4) is 44.5 Å². The first-order valence-corrected chi connectivity index (χ1v) is 18.4. The summed E-state index contributed by atoms with van der Waals surface area (Å²) < 4.78 is 6.87. The van der Waals surface area contributed by atoms with E-state index in [9.17, 15) is 0 Å². The molecule has 2 heteroatoms. The van der Waals surface area contributed by atoms with Crippen molar-refractivity contribution >= 4 is 49.8 Å². The van der Waals surface area contributed by atoms with Crippen molar-refractivity contribution in [3.63, 3.8) is 0 Å². The van der Waals surface area contributed by atoms with Gasteiger partial charge in [-0.2, -0.15) is 0 Å². The van der Waals surface area contributed by atoms with Crippen LogP contribution >= 0.6 is 0 Å². The number of fused-ring (bicyclic) bond motifs is 5. The molecule has 1 heterocycles. The number of hydrogen-bond acceptors (Lipinski definition) is 2. The number of hydrogen-bond donors (Lipinski definition) is 0. The summed E-state index contributed by atoms with van der Waals surface area (Å²) in [6.07, 6.45) is 0. The van der Waals surface area contributed by atoms with E-state index in [-0.39, 0.29) is 0 Å². The molecule has 1 aromatic heterocycles. The summed E-state index contributed by atoms with van der Waals surface area (Å²) >= 11 is 0. The van der Waals surface area contributed by atoms with Crippen molar-refractivity contribution < 1.29 is 4.42 Å². The fraction of sp³-hybridized carbons (Fsp3) is 0. The first-order chi connectivity index (χ1) is 26.8. The van der Waals surface area contributed by atoms with Crippen LogP contribution in [0.3, 0.4) is 0 Å². The Morgan fingerprint density at radius 3 is 1.39 bits per heavy atom. The van der Waals surface area contributed by atoms with Gasteiger partial charge < -0.3 is 9.32 Å². The molecular weight excluding hydrogens is 655 g/mol. The Labute approximate surface area is 314 Å². The predicted octanol–water partition coefficient (Wildman–Crippen LogP) is 14.9. The van der Waals surface area contributed by atoms with Crippen LogP contribution in [-0.2, 0) is 0 Å². The van der Waals surface area contributed by atoms with Gasteiger partial charge in [-0.15, -0.1) is 0 Å². The normalized spacial score (nSPS) is 11.3. The molecule has 0 saturated heterocycles. The van der Waals surface area contributed by atoms with E-state index in [0.29, 0.717) is 0 Å². The van der Waals surface area contributed by atoms with Crippen LogP contribution in [-0.4, -0.2) is 0 Å². The second kappa shape index (κ2) is 13.4. The summed E-state index contributed by atoms with van der Waals surface area (Å²) in [5.41, 5.74) is 14.3. The molecule has 10 rings (SSSR count). The second-order valence-corrected chi connectivity index (χ2v) is 13.7. The Morgan fingerprint density at radius 1 is 0.296 bits per heavy atom. The minimum absolute atomic E-state index is 0.893. The lowest BCUT2D eigenvalue weighted by Crippen LogP contribution is -2.10. The molecule has 0 amide bonds. The zero-order valence-corrected chi connectivity index (χ0v) is 29.6. The summed E-state index contributed by atoms with van der Waals surface area (Å²) in [5, 5.41) is 4.69. The van der Waals surface area contributed by atoms with Gasteiger partial charge in [0.2, 0.25) is 0 Å². The first-order valence-electron chi connectivity index (χ1n) is 18.4. The topological polar surface area (TPSA) is 16.4 Å². The number of rotatable bonds is 7. The summed E-state index contributed by atoms with van der Waals surface area (Å²) in [5.74, 6) is 0. The third-order valence-corrected chi connectivity index (χ3v) is 10.5. The van der Waals surface area contributed by atoms with Gasteiger partial charge in [0.1, 0.15) is 11.2 Å². The molecule has 0 aliphatic rings. The van der Waals surface area contributed by atoms with Crippen molar-refractivity contribution in [2.45, 2.75) is 0 Å². The fourth-order valence-electron chi connectivity index (χ4n) is 7.87. The molecule has 10 aromatic rings. The Kier molecular flexibility index (Phi) is 7.85. The molecule has 0 unspecified atom stereocenters. The average Bonchev–Trinajstić information content (AvgIpc) is 3.64. The maximum Gasteiger partial charge on any atom is 0.143 e. The highest BCUT2D eigenvalue weighted by Crippen LogP contribution is 2.44. The molecule has 0 N–H and O–H groups in total. The Morgan fingerprint density at radius 2 is 0.778 bits per heavy atom. The standard InChI is InChI=1S/C52H35NO/c1-4-14-36(15-5-1)38-26-30-42(31-27-38)53(43-32-28-39(29-33-43)37-16-6-2-7-17-37)44-21-12-20-41(34-44)45-24-13-25-48-51-47-23-11-10-22-46(47)49(35-50(51)54-52(45)48)40-18-8-3-9-19-40/h1-35H. The van der Waals surface area contributed by atoms with Gasteiger partial charge in [0.15, 0.2) is 0 Å². The molecule has 0 atom stereocenters. The van der Waals surface area contributed by atoms with Crippen LogP contribution in [0.1, 0.15) is 0 Å². The van der Waals surface area contributed by atoms with Gasteiger partial charge in [-0.1, -0.05) is 170 Å². The van der Waals surface area contributed by atoms with Gasteiger partial charge in [-0.25, -0.2) is 0 Å². The van der Waals surface area contributed by atoms with E-state index in [4.69, 9.17) is 4.42 Å². The highest BCUT2D eigenvalue weighted by molar-refractivity contribution is 6.23. The minimum atomic E-state index is 0.893. The van der Waals surface area contributed by atoms with Gasteiger partial charge in [0, 0.05) is 33.4 Å².